The minimum Gasteiger partial charge on any atom is -0.327 e. The average Bonchev–Trinajstić information content (AvgIpc) is 2.87. The quantitative estimate of drug-likeness (QED) is 0.734. The molecule has 0 radical (unpaired) electrons. The van der Waals surface area contributed by atoms with E-state index in [1.54, 1.807) is 15.3 Å². The van der Waals surface area contributed by atoms with Gasteiger partial charge in [-0.15, -0.1) is 0 Å². The van der Waals surface area contributed by atoms with Crippen LogP contribution >= 0.6 is 23.8 Å². The average molecular weight is 325 g/mol. The summed E-state index contributed by atoms with van der Waals surface area (Å²) in [7, 11) is 1.85. The van der Waals surface area contributed by atoms with Crippen LogP contribution in [0.3, 0.4) is 0 Å². The van der Waals surface area contributed by atoms with E-state index in [0.29, 0.717) is 15.5 Å². The van der Waals surface area contributed by atoms with Gasteiger partial charge in [0.2, 0.25) is 0 Å². The van der Waals surface area contributed by atoms with Crippen LogP contribution in [0.15, 0.2) is 18.2 Å². The predicted octanol–water partition coefficient (Wildman–Crippen LogP) is 4.17. The molecule has 21 heavy (non-hydrogen) atoms. The topological polar surface area (TPSA) is 38.5 Å². The van der Waals surface area contributed by atoms with E-state index in [0.717, 1.165) is 29.7 Å². The molecule has 7 heteroatoms. The fourth-order valence-corrected chi connectivity index (χ4v) is 3.04. The molecule has 0 bridgehead atoms. The van der Waals surface area contributed by atoms with Gasteiger partial charge in [-0.05, 0) is 36.8 Å². The summed E-state index contributed by atoms with van der Waals surface area (Å²) in [6.45, 7) is 2.10. The number of aromatic nitrogens is 4. The van der Waals surface area contributed by atoms with Gasteiger partial charge in [-0.2, -0.15) is 5.10 Å². The third-order valence-electron chi connectivity index (χ3n) is 3.33. The van der Waals surface area contributed by atoms with Crippen LogP contribution in [0, 0.1) is 10.6 Å². The van der Waals surface area contributed by atoms with E-state index in [2.05, 4.69) is 17.0 Å². The van der Waals surface area contributed by atoms with Crippen molar-refractivity contribution in [1.29, 1.82) is 0 Å². The molecule has 0 unspecified atom stereocenters. The molecule has 2 heterocycles. The molecule has 4 nitrogen and oxygen atoms in total. The molecular formula is C14H14ClFN4S. The lowest BCUT2D eigenvalue weighted by Crippen LogP contribution is -2.01. The lowest BCUT2D eigenvalue weighted by atomic mass is 10.2. The van der Waals surface area contributed by atoms with Gasteiger partial charge in [0.25, 0.3) is 0 Å². The summed E-state index contributed by atoms with van der Waals surface area (Å²) >= 11 is 11.3. The molecule has 2 aromatic heterocycles. The highest BCUT2D eigenvalue weighted by Gasteiger charge is 2.16. The van der Waals surface area contributed by atoms with E-state index in [9.17, 15) is 4.39 Å². The zero-order chi connectivity index (χ0) is 15.1. The lowest BCUT2D eigenvalue weighted by Gasteiger charge is -2.05. The van der Waals surface area contributed by atoms with Crippen LogP contribution < -0.4 is 0 Å². The Morgan fingerprint density at radius 2 is 2.14 bits per heavy atom. The second kappa shape index (κ2) is 5.27. The molecule has 0 atom stereocenters. The maximum Gasteiger partial charge on any atom is 0.184 e. The minimum absolute atomic E-state index is 0.331. The second-order valence-corrected chi connectivity index (χ2v) is 5.74. The van der Waals surface area contributed by atoms with Crippen molar-refractivity contribution in [3.63, 3.8) is 0 Å². The molecule has 0 spiro atoms. The highest BCUT2D eigenvalue weighted by atomic mass is 35.5. The van der Waals surface area contributed by atoms with Gasteiger partial charge in [0.05, 0.1) is 11.4 Å². The molecule has 0 aliphatic rings. The standard InChI is InChI=1S/C14H14ClFN4S/c1-3-4-11-12-13(19(2)18-11)20(14(21)17-12)10-6-8(15)5-9(16)7-10/h5-7H,3-4H2,1-2H3,(H,17,21). The summed E-state index contributed by atoms with van der Waals surface area (Å²) in [5, 5.41) is 4.83. The number of aryl methyl sites for hydroxylation is 2. The highest BCUT2D eigenvalue weighted by molar-refractivity contribution is 7.71. The maximum absolute atomic E-state index is 13.6. The maximum atomic E-state index is 13.6. The number of rotatable bonds is 3. The van der Waals surface area contributed by atoms with Gasteiger partial charge in [0.1, 0.15) is 11.3 Å². The van der Waals surface area contributed by atoms with E-state index in [1.165, 1.54) is 12.1 Å². The van der Waals surface area contributed by atoms with E-state index in [-0.39, 0.29) is 0 Å². The smallest absolute Gasteiger partial charge is 0.184 e. The van der Waals surface area contributed by atoms with Crippen LogP contribution in [-0.4, -0.2) is 19.3 Å². The summed E-state index contributed by atoms with van der Waals surface area (Å²) in [4.78, 5) is 3.17. The van der Waals surface area contributed by atoms with Crippen molar-refractivity contribution in [1.82, 2.24) is 19.3 Å². The molecule has 1 aromatic carbocycles. The van der Waals surface area contributed by atoms with Gasteiger partial charge in [0.15, 0.2) is 10.4 Å². The van der Waals surface area contributed by atoms with Crippen LogP contribution in [0.25, 0.3) is 16.9 Å². The number of H-pyrrole nitrogens is 1. The van der Waals surface area contributed by atoms with Crippen molar-refractivity contribution < 1.29 is 4.39 Å². The predicted molar refractivity (Wildman–Crippen MR) is 84.2 cm³/mol. The Morgan fingerprint density at radius 3 is 2.81 bits per heavy atom. The van der Waals surface area contributed by atoms with E-state index >= 15 is 0 Å². The summed E-state index contributed by atoms with van der Waals surface area (Å²) < 4.78 is 17.6. The molecule has 0 amide bonds. The molecule has 110 valence electrons. The number of halogens is 2. The minimum atomic E-state index is -0.398. The van der Waals surface area contributed by atoms with Crippen LogP contribution in [0.5, 0.6) is 0 Å². The van der Waals surface area contributed by atoms with Crippen LogP contribution in [0.2, 0.25) is 5.02 Å². The molecule has 0 aliphatic heterocycles. The molecule has 0 saturated carbocycles. The van der Waals surface area contributed by atoms with E-state index in [1.807, 2.05) is 7.05 Å². The number of benzene rings is 1. The first kappa shape index (κ1) is 14.3. The van der Waals surface area contributed by atoms with Gasteiger partial charge in [0, 0.05) is 12.1 Å². The van der Waals surface area contributed by atoms with Gasteiger partial charge >= 0.3 is 0 Å². The third kappa shape index (κ3) is 2.38. The number of hydrogen-bond acceptors (Lipinski definition) is 2. The fraction of sp³-hybridized carbons (Fsp3) is 0.286. The summed E-state index contributed by atoms with van der Waals surface area (Å²) in [6, 6.07) is 4.35. The number of hydrogen-bond donors (Lipinski definition) is 1. The summed E-state index contributed by atoms with van der Waals surface area (Å²) in [6.07, 6.45) is 1.85. The molecule has 3 rings (SSSR count). The Balaban J connectivity index is 2.32. The monoisotopic (exact) mass is 324 g/mol. The Kier molecular flexibility index (Phi) is 3.59. The fourth-order valence-electron chi connectivity index (χ4n) is 2.53. The van der Waals surface area contributed by atoms with Crippen molar-refractivity contribution in [2.24, 2.45) is 7.05 Å². The number of nitrogens with zero attached hydrogens (tertiary/aromatic N) is 3. The van der Waals surface area contributed by atoms with Gasteiger partial charge in [-0.3, -0.25) is 4.57 Å². The molecule has 0 fully saturated rings. The van der Waals surface area contributed by atoms with E-state index < -0.39 is 5.82 Å². The van der Waals surface area contributed by atoms with Gasteiger partial charge in [-0.25, -0.2) is 9.07 Å². The highest BCUT2D eigenvalue weighted by Crippen LogP contribution is 2.25. The molecule has 0 saturated heterocycles. The Bertz CT molecular complexity index is 857. The first-order chi connectivity index (χ1) is 10.0. The van der Waals surface area contributed by atoms with Crippen LogP contribution in [-0.2, 0) is 13.5 Å². The van der Waals surface area contributed by atoms with Gasteiger partial charge in [-0.1, -0.05) is 24.9 Å². The number of nitrogens with one attached hydrogen (secondary N) is 1. The van der Waals surface area contributed by atoms with Crippen molar-refractivity contribution in [3.8, 4) is 5.69 Å². The molecule has 0 aliphatic carbocycles. The van der Waals surface area contributed by atoms with Crippen molar-refractivity contribution in [2.75, 3.05) is 0 Å². The molecular weight excluding hydrogens is 311 g/mol. The zero-order valence-electron chi connectivity index (χ0n) is 11.7. The third-order valence-corrected chi connectivity index (χ3v) is 3.83. The lowest BCUT2D eigenvalue weighted by molar-refractivity contribution is 0.626. The van der Waals surface area contributed by atoms with E-state index in [4.69, 9.17) is 23.8 Å². The number of fused-ring (bicyclic) bond motifs is 1. The second-order valence-electron chi connectivity index (χ2n) is 4.91. The Morgan fingerprint density at radius 1 is 1.38 bits per heavy atom. The van der Waals surface area contributed by atoms with Crippen molar-refractivity contribution in [3.05, 3.63) is 39.5 Å². The number of aromatic amines is 1. The first-order valence-corrected chi connectivity index (χ1v) is 7.43. The largest absolute Gasteiger partial charge is 0.327 e. The van der Waals surface area contributed by atoms with Gasteiger partial charge < -0.3 is 4.98 Å². The SMILES string of the molecule is CCCc1nn(C)c2c1[nH]c(=S)n2-c1cc(F)cc(Cl)c1. The van der Waals surface area contributed by atoms with Crippen LogP contribution in [0.1, 0.15) is 19.0 Å². The molecule has 1 N–H and O–H groups in total. The number of imidazole rings is 1. The normalized spacial score (nSPS) is 11.4. The van der Waals surface area contributed by atoms with Crippen LogP contribution in [0.4, 0.5) is 4.39 Å². The summed E-state index contributed by atoms with van der Waals surface area (Å²) in [5.41, 5.74) is 3.25. The first-order valence-electron chi connectivity index (χ1n) is 6.64. The van der Waals surface area contributed by atoms with Crippen molar-refractivity contribution in [2.45, 2.75) is 19.8 Å². The Hall–Kier alpha value is -1.66. The summed E-state index contributed by atoms with van der Waals surface area (Å²) in [5.74, 6) is -0.398. The van der Waals surface area contributed by atoms with Crippen molar-refractivity contribution >= 4 is 35.0 Å². The molecule has 3 aromatic rings. The zero-order valence-corrected chi connectivity index (χ0v) is 13.2. The Labute approximate surface area is 131 Å².